The largest absolute Gasteiger partial charge is 0.353 e. The van der Waals surface area contributed by atoms with E-state index in [2.05, 4.69) is 26.0 Å². The lowest BCUT2D eigenvalue weighted by Gasteiger charge is -2.08. The zero-order valence-corrected chi connectivity index (χ0v) is 9.93. The third-order valence-corrected chi connectivity index (χ3v) is 2.91. The molecule has 0 atom stereocenters. The third-order valence-electron chi connectivity index (χ3n) is 2.91. The summed E-state index contributed by atoms with van der Waals surface area (Å²) in [6.07, 6.45) is 8.27. The predicted octanol–water partition coefficient (Wildman–Crippen LogP) is 2.21. The fourth-order valence-electron chi connectivity index (χ4n) is 1.88. The van der Waals surface area contributed by atoms with E-state index >= 15 is 0 Å². The van der Waals surface area contributed by atoms with Gasteiger partial charge in [0.25, 0.3) is 0 Å². The Bertz CT molecular complexity index is 499. The molecule has 0 aromatic carbocycles. The molecule has 0 radical (unpaired) electrons. The van der Waals surface area contributed by atoms with Crippen LogP contribution >= 0.6 is 0 Å². The summed E-state index contributed by atoms with van der Waals surface area (Å²) < 4.78 is 2.17. The van der Waals surface area contributed by atoms with Crippen LogP contribution in [0.1, 0.15) is 24.1 Å². The number of aryl methyl sites for hydroxylation is 1. The minimum absolute atomic E-state index is 0.632. The van der Waals surface area contributed by atoms with Crippen LogP contribution < -0.4 is 5.32 Å². The van der Waals surface area contributed by atoms with Gasteiger partial charge in [0.15, 0.2) is 0 Å². The smallest absolute Gasteiger partial charge is 0.203 e. The fourth-order valence-corrected chi connectivity index (χ4v) is 1.88. The highest BCUT2D eigenvalue weighted by Gasteiger charge is 2.22. The number of aromatic nitrogens is 3. The maximum atomic E-state index is 4.52. The van der Waals surface area contributed by atoms with Crippen LogP contribution in [-0.4, -0.2) is 20.6 Å². The van der Waals surface area contributed by atoms with Crippen molar-refractivity contribution in [2.24, 2.45) is 0 Å². The second-order valence-corrected chi connectivity index (χ2v) is 4.61. The van der Waals surface area contributed by atoms with Crippen molar-refractivity contribution in [3.8, 4) is 0 Å². The number of rotatable bonds is 4. The maximum Gasteiger partial charge on any atom is 0.203 e. The summed E-state index contributed by atoms with van der Waals surface area (Å²) in [4.78, 5) is 8.56. The van der Waals surface area contributed by atoms with Crippen molar-refractivity contribution in [2.45, 2.75) is 32.4 Å². The SMILES string of the molecule is Cc1cn(Cc2ccncc2)c(NC2CC2)n1. The standard InChI is InChI=1S/C13H16N4/c1-10-8-17(9-11-4-6-14-7-5-11)13(15-10)16-12-2-3-12/h4-8,12H,2-3,9H2,1H3,(H,15,16). The van der Waals surface area contributed by atoms with Crippen molar-refractivity contribution in [3.63, 3.8) is 0 Å². The topological polar surface area (TPSA) is 42.7 Å². The number of pyridine rings is 1. The molecule has 0 aliphatic heterocycles. The first-order valence-electron chi connectivity index (χ1n) is 6.00. The molecule has 88 valence electrons. The van der Waals surface area contributed by atoms with Crippen molar-refractivity contribution in [3.05, 3.63) is 42.0 Å². The van der Waals surface area contributed by atoms with Gasteiger partial charge in [-0.3, -0.25) is 4.98 Å². The van der Waals surface area contributed by atoms with E-state index in [-0.39, 0.29) is 0 Å². The molecule has 4 nitrogen and oxygen atoms in total. The average Bonchev–Trinajstić information content (AvgIpc) is 3.06. The molecule has 2 heterocycles. The molecule has 0 spiro atoms. The molecule has 2 aromatic rings. The molecule has 1 aliphatic rings. The number of hydrogen-bond donors (Lipinski definition) is 1. The zero-order chi connectivity index (χ0) is 11.7. The lowest BCUT2D eigenvalue weighted by molar-refractivity contribution is 0.794. The molecule has 0 saturated heterocycles. The van der Waals surface area contributed by atoms with E-state index < -0.39 is 0 Å². The number of hydrogen-bond acceptors (Lipinski definition) is 3. The normalized spacial score (nSPS) is 14.9. The van der Waals surface area contributed by atoms with Crippen molar-refractivity contribution in [1.29, 1.82) is 0 Å². The summed E-state index contributed by atoms with van der Waals surface area (Å²) in [6, 6.07) is 4.71. The Balaban J connectivity index is 1.81. The summed E-state index contributed by atoms with van der Waals surface area (Å²) in [5.41, 5.74) is 2.30. The van der Waals surface area contributed by atoms with Crippen LogP contribution in [0.2, 0.25) is 0 Å². The first-order chi connectivity index (χ1) is 8.31. The molecule has 2 aromatic heterocycles. The summed E-state index contributed by atoms with van der Waals surface area (Å²) >= 11 is 0. The molecule has 0 bridgehead atoms. The number of nitrogens with one attached hydrogen (secondary N) is 1. The van der Waals surface area contributed by atoms with E-state index in [0.29, 0.717) is 6.04 Å². The molecular formula is C13H16N4. The molecule has 3 rings (SSSR count). The molecule has 1 aliphatic carbocycles. The number of anilines is 1. The Labute approximate surface area is 101 Å². The van der Waals surface area contributed by atoms with Gasteiger partial charge in [0, 0.05) is 24.6 Å². The van der Waals surface area contributed by atoms with Gasteiger partial charge in [-0.1, -0.05) is 0 Å². The minimum Gasteiger partial charge on any atom is -0.353 e. The third kappa shape index (κ3) is 2.46. The van der Waals surface area contributed by atoms with Crippen LogP contribution in [0.25, 0.3) is 0 Å². The van der Waals surface area contributed by atoms with Gasteiger partial charge >= 0.3 is 0 Å². The highest BCUT2D eigenvalue weighted by molar-refractivity contribution is 5.33. The quantitative estimate of drug-likeness (QED) is 0.872. The highest BCUT2D eigenvalue weighted by Crippen LogP contribution is 2.24. The lowest BCUT2D eigenvalue weighted by atomic mass is 10.3. The van der Waals surface area contributed by atoms with Gasteiger partial charge in [0.05, 0.1) is 12.2 Å². The fraction of sp³-hybridized carbons (Fsp3) is 0.385. The predicted molar refractivity (Wildman–Crippen MR) is 66.9 cm³/mol. The van der Waals surface area contributed by atoms with Gasteiger partial charge in [0.2, 0.25) is 5.95 Å². The van der Waals surface area contributed by atoms with Crippen LogP contribution in [0.3, 0.4) is 0 Å². The molecule has 1 saturated carbocycles. The molecular weight excluding hydrogens is 212 g/mol. The first kappa shape index (κ1) is 10.3. The van der Waals surface area contributed by atoms with Gasteiger partial charge in [0.1, 0.15) is 0 Å². The zero-order valence-electron chi connectivity index (χ0n) is 9.93. The second kappa shape index (κ2) is 4.20. The Kier molecular flexibility index (Phi) is 2.55. The molecule has 0 amide bonds. The summed E-state index contributed by atoms with van der Waals surface area (Å²) in [5.74, 6) is 0.988. The Morgan fingerprint density at radius 3 is 2.82 bits per heavy atom. The molecule has 4 heteroatoms. The second-order valence-electron chi connectivity index (χ2n) is 4.61. The van der Waals surface area contributed by atoms with E-state index in [4.69, 9.17) is 0 Å². The first-order valence-corrected chi connectivity index (χ1v) is 6.00. The van der Waals surface area contributed by atoms with E-state index in [0.717, 1.165) is 18.2 Å². The van der Waals surface area contributed by atoms with E-state index in [9.17, 15) is 0 Å². The van der Waals surface area contributed by atoms with E-state index in [1.807, 2.05) is 31.5 Å². The molecule has 0 unspecified atom stereocenters. The summed E-state index contributed by atoms with van der Waals surface area (Å²) in [5, 5.41) is 3.46. The van der Waals surface area contributed by atoms with E-state index in [1.54, 1.807) is 0 Å². The lowest BCUT2D eigenvalue weighted by Crippen LogP contribution is -2.09. The van der Waals surface area contributed by atoms with Gasteiger partial charge in [-0.15, -0.1) is 0 Å². The van der Waals surface area contributed by atoms with Gasteiger partial charge in [-0.2, -0.15) is 0 Å². The van der Waals surface area contributed by atoms with Gasteiger partial charge in [-0.25, -0.2) is 4.98 Å². The number of imidazole rings is 1. The summed E-state index contributed by atoms with van der Waals surface area (Å²) in [7, 11) is 0. The summed E-state index contributed by atoms with van der Waals surface area (Å²) in [6.45, 7) is 2.87. The van der Waals surface area contributed by atoms with Crippen molar-refractivity contribution in [2.75, 3.05) is 5.32 Å². The monoisotopic (exact) mass is 228 g/mol. The molecule has 17 heavy (non-hydrogen) atoms. The maximum absolute atomic E-state index is 4.52. The minimum atomic E-state index is 0.632. The van der Waals surface area contributed by atoms with Crippen LogP contribution in [-0.2, 0) is 6.54 Å². The molecule has 1 N–H and O–H groups in total. The van der Waals surface area contributed by atoms with Crippen LogP contribution in [0, 0.1) is 6.92 Å². The van der Waals surface area contributed by atoms with Crippen LogP contribution in [0.5, 0.6) is 0 Å². The Morgan fingerprint density at radius 1 is 1.35 bits per heavy atom. The Hall–Kier alpha value is -1.84. The average molecular weight is 228 g/mol. The molecule has 1 fully saturated rings. The highest BCUT2D eigenvalue weighted by atomic mass is 15.2. The van der Waals surface area contributed by atoms with E-state index in [1.165, 1.54) is 18.4 Å². The number of nitrogens with zero attached hydrogens (tertiary/aromatic N) is 3. The van der Waals surface area contributed by atoms with Crippen molar-refractivity contribution >= 4 is 5.95 Å². The van der Waals surface area contributed by atoms with Crippen LogP contribution in [0.15, 0.2) is 30.7 Å². The van der Waals surface area contributed by atoms with Crippen molar-refractivity contribution in [1.82, 2.24) is 14.5 Å². The van der Waals surface area contributed by atoms with Gasteiger partial charge in [-0.05, 0) is 37.5 Å². The van der Waals surface area contributed by atoms with Crippen LogP contribution in [0.4, 0.5) is 5.95 Å². The Morgan fingerprint density at radius 2 is 2.12 bits per heavy atom. The van der Waals surface area contributed by atoms with Crippen molar-refractivity contribution < 1.29 is 0 Å². The van der Waals surface area contributed by atoms with Gasteiger partial charge < -0.3 is 9.88 Å².